The van der Waals surface area contributed by atoms with Gasteiger partial charge in [-0.25, -0.2) is 0 Å². The number of rotatable bonds is 9. The molecule has 5 heteroatoms. The van der Waals surface area contributed by atoms with Crippen molar-refractivity contribution in [3.8, 4) is 0 Å². The zero-order valence-electron chi connectivity index (χ0n) is 13.9. The first-order valence-corrected chi connectivity index (χ1v) is 7.10. The summed E-state index contributed by atoms with van der Waals surface area (Å²) in [7, 11) is 1.68. The summed E-state index contributed by atoms with van der Waals surface area (Å²) < 4.78 is 0. The van der Waals surface area contributed by atoms with Gasteiger partial charge in [0.2, 0.25) is 0 Å². The predicted molar refractivity (Wildman–Crippen MR) is 93.4 cm³/mol. The predicted octanol–water partition coefficient (Wildman–Crippen LogP) is 5.08. The van der Waals surface area contributed by atoms with Gasteiger partial charge in [-0.05, 0) is 44.1 Å². The van der Waals surface area contributed by atoms with Gasteiger partial charge in [0.05, 0.1) is 17.9 Å². The Hall–Kier alpha value is -2.56. The molecule has 1 N–H and O–H groups in total. The second-order valence-electron chi connectivity index (χ2n) is 4.12. The van der Waals surface area contributed by atoms with E-state index in [0.29, 0.717) is 12.2 Å². The lowest BCUT2D eigenvalue weighted by atomic mass is 10.1. The molecule has 0 spiro atoms. The smallest absolute Gasteiger partial charge is 0.0810 e. The fraction of sp³-hybridized carbons (Fsp3) is 0.294. The number of nitrogens with zero attached hydrogens (tertiary/aromatic N) is 4. The summed E-state index contributed by atoms with van der Waals surface area (Å²) >= 11 is 0. The average Bonchev–Trinajstić information content (AvgIpc) is 2.53. The molecule has 0 heterocycles. The topological polar surface area (TPSA) is 61.5 Å². The number of azo groups is 1. The van der Waals surface area contributed by atoms with Gasteiger partial charge in [-0.1, -0.05) is 42.7 Å². The summed E-state index contributed by atoms with van der Waals surface area (Å²) in [6.07, 6.45) is 11.3. The Kier molecular flexibility index (Phi) is 10.8. The summed E-state index contributed by atoms with van der Waals surface area (Å²) in [6.45, 7) is 14.3. The molecule has 0 amide bonds. The van der Waals surface area contributed by atoms with E-state index in [1.165, 1.54) is 0 Å². The van der Waals surface area contributed by atoms with E-state index >= 15 is 0 Å². The summed E-state index contributed by atoms with van der Waals surface area (Å²) in [4.78, 5) is 0. The lowest BCUT2D eigenvalue weighted by molar-refractivity contribution is 0.811. The number of hydrogen-bond donors (Lipinski definition) is 1. The highest BCUT2D eigenvalue weighted by Gasteiger charge is 1.95. The standard InChI is InChI=1S/C17H25N5/c1-7-16(12-11-15(5)20-22-18-6)14(4)10-13-17(8-2)21-19-9-3/h7-8,10-13H,4-5,9H2,1-3,6H3,(H,18,20)/b12-11-,13-10-,16-7+,17-8+,21-19+. The number of allylic oxidation sites excluding steroid dienone is 8. The third kappa shape index (κ3) is 8.58. The molecule has 0 aliphatic carbocycles. The van der Waals surface area contributed by atoms with Crippen molar-refractivity contribution in [1.82, 2.24) is 5.43 Å². The third-order valence-electron chi connectivity index (χ3n) is 2.49. The molecule has 0 rings (SSSR count). The average molecular weight is 299 g/mol. The van der Waals surface area contributed by atoms with Gasteiger partial charge in [-0.3, -0.25) is 5.43 Å². The van der Waals surface area contributed by atoms with E-state index in [0.717, 1.165) is 16.8 Å². The Morgan fingerprint density at radius 1 is 1.00 bits per heavy atom. The van der Waals surface area contributed by atoms with Crippen molar-refractivity contribution < 1.29 is 0 Å². The second-order valence-corrected chi connectivity index (χ2v) is 4.12. The van der Waals surface area contributed by atoms with Crippen LogP contribution in [-0.4, -0.2) is 13.6 Å². The van der Waals surface area contributed by atoms with Crippen molar-refractivity contribution in [2.24, 2.45) is 20.6 Å². The Balaban J connectivity index is 4.87. The van der Waals surface area contributed by atoms with Crippen LogP contribution in [0.2, 0.25) is 0 Å². The molecule has 0 fully saturated rings. The normalized spacial score (nSPS) is 13.8. The second kappa shape index (κ2) is 12.2. The molecule has 0 aliphatic rings. The molecule has 0 aromatic rings. The quantitative estimate of drug-likeness (QED) is 0.360. The van der Waals surface area contributed by atoms with Gasteiger partial charge in [0.1, 0.15) is 0 Å². The summed E-state index contributed by atoms with van der Waals surface area (Å²) in [5, 5.41) is 15.6. The molecule has 0 saturated heterocycles. The highest BCUT2D eigenvalue weighted by atomic mass is 15.4. The van der Waals surface area contributed by atoms with Crippen LogP contribution in [0.5, 0.6) is 0 Å². The Morgan fingerprint density at radius 3 is 2.27 bits per heavy atom. The first-order chi connectivity index (χ1) is 10.6. The molecule has 0 unspecified atom stereocenters. The van der Waals surface area contributed by atoms with Gasteiger partial charge >= 0.3 is 0 Å². The molecule has 5 nitrogen and oxygen atoms in total. The van der Waals surface area contributed by atoms with Crippen LogP contribution in [0, 0.1) is 0 Å². The number of nitrogens with one attached hydrogen (secondary N) is 1. The van der Waals surface area contributed by atoms with E-state index in [1.54, 1.807) is 13.1 Å². The van der Waals surface area contributed by atoms with Crippen LogP contribution in [0.1, 0.15) is 20.8 Å². The van der Waals surface area contributed by atoms with Gasteiger partial charge in [0.25, 0.3) is 0 Å². The summed E-state index contributed by atoms with van der Waals surface area (Å²) in [5.41, 5.74) is 5.76. The van der Waals surface area contributed by atoms with Gasteiger partial charge in [-0.2, -0.15) is 10.2 Å². The zero-order chi connectivity index (χ0) is 16.8. The lowest BCUT2D eigenvalue weighted by Gasteiger charge is -2.01. The van der Waals surface area contributed by atoms with Crippen molar-refractivity contribution >= 4 is 0 Å². The van der Waals surface area contributed by atoms with Crippen LogP contribution < -0.4 is 5.43 Å². The fourth-order valence-electron chi connectivity index (χ4n) is 1.34. The summed E-state index contributed by atoms with van der Waals surface area (Å²) in [5.74, 6) is 0. The minimum atomic E-state index is 0.552. The van der Waals surface area contributed by atoms with Crippen LogP contribution in [-0.2, 0) is 0 Å². The Labute approximate surface area is 133 Å². The molecule has 0 radical (unpaired) electrons. The van der Waals surface area contributed by atoms with E-state index in [1.807, 2.05) is 51.2 Å². The molecule has 118 valence electrons. The van der Waals surface area contributed by atoms with Crippen LogP contribution >= 0.6 is 0 Å². The van der Waals surface area contributed by atoms with Gasteiger partial charge < -0.3 is 0 Å². The highest BCUT2D eigenvalue weighted by Crippen LogP contribution is 2.14. The van der Waals surface area contributed by atoms with E-state index in [-0.39, 0.29) is 0 Å². The Morgan fingerprint density at radius 2 is 1.73 bits per heavy atom. The van der Waals surface area contributed by atoms with Crippen LogP contribution in [0.25, 0.3) is 0 Å². The minimum Gasteiger partial charge on any atom is -0.295 e. The Bertz CT molecular complexity index is 545. The molecule has 0 bridgehead atoms. The molecule has 0 aromatic heterocycles. The molecule has 0 atom stereocenters. The van der Waals surface area contributed by atoms with E-state index in [9.17, 15) is 0 Å². The molecular formula is C17H25N5. The van der Waals surface area contributed by atoms with E-state index in [2.05, 4.69) is 39.1 Å². The molecule has 0 aromatic carbocycles. The molecule has 0 aliphatic heterocycles. The van der Waals surface area contributed by atoms with Crippen molar-refractivity contribution in [2.75, 3.05) is 13.6 Å². The molecular weight excluding hydrogens is 274 g/mol. The van der Waals surface area contributed by atoms with Crippen LogP contribution in [0.15, 0.2) is 92.7 Å². The molecule has 22 heavy (non-hydrogen) atoms. The van der Waals surface area contributed by atoms with Gasteiger partial charge in [0, 0.05) is 7.05 Å². The SMILES string of the molecule is C=C(/C=C\C(=C/C)C(=C)\C=C/C(=C\C)/N=N/CC)N=NNC. The first kappa shape index (κ1) is 19.4. The van der Waals surface area contributed by atoms with Gasteiger partial charge in [0.15, 0.2) is 0 Å². The van der Waals surface area contributed by atoms with Crippen molar-refractivity contribution in [2.45, 2.75) is 20.8 Å². The van der Waals surface area contributed by atoms with Crippen molar-refractivity contribution in [1.29, 1.82) is 0 Å². The van der Waals surface area contributed by atoms with Crippen LogP contribution in [0.3, 0.4) is 0 Å². The van der Waals surface area contributed by atoms with Gasteiger partial charge in [-0.15, -0.1) is 5.11 Å². The zero-order valence-corrected chi connectivity index (χ0v) is 13.9. The number of hydrogen-bond acceptors (Lipinski definition) is 4. The largest absolute Gasteiger partial charge is 0.295 e. The maximum absolute atomic E-state index is 4.10. The molecule has 0 saturated carbocycles. The highest BCUT2D eigenvalue weighted by molar-refractivity contribution is 5.46. The minimum absolute atomic E-state index is 0.552. The first-order valence-electron chi connectivity index (χ1n) is 7.10. The summed E-state index contributed by atoms with van der Waals surface area (Å²) in [6, 6.07) is 0. The maximum atomic E-state index is 4.10. The van der Waals surface area contributed by atoms with Crippen molar-refractivity contribution in [3.63, 3.8) is 0 Å². The lowest BCUT2D eigenvalue weighted by Crippen LogP contribution is -1.90. The monoisotopic (exact) mass is 299 g/mol. The fourth-order valence-corrected chi connectivity index (χ4v) is 1.34. The van der Waals surface area contributed by atoms with E-state index < -0.39 is 0 Å². The van der Waals surface area contributed by atoms with Crippen LogP contribution in [0.4, 0.5) is 0 Å². The van der Waals surface area contributed by atoms with Crippen molar-refractivity contribution in [3.05, 3.63) is 72.2 Å². The third-order valence-corrected chi connectivity index (χ3v) is 2.49. The van der Waals surface area contributed by atoms with E-state index in [4.69, 9.17) is 0 Å². The maximum Gasteiger partial charge on any atom is 0.0810 e.